The van der Waals surface area contributed by atoms with Gasteiger partial charge in [0.15, 0.2) is 0 Å². The van der Waals surface area contributed by atoms with Gasteiger partial charge in [-0.15, -0.1) is 0 Å². The van der Waals surface area contributed by atoms with Gasteiger partial charge in [-0.2, -0.15) is 0 Å². The lowest BCUT2D eigenvalue weighted by molar-refractivity contribution is -0.123. The van der Waals surface area contributed by atoms with Crippen LogP contribution in [0.25, 0.3) is 0 Å². The van der Waals surface area contributed by atoms with Gasteiger partial charge in [0.1, 0.15) is 0 Å². The fourth-order valence-corrected chi connectivity index (χ4v) is 3.18. The van der Waals surface area contributed by atoms with E-state index in [1.54, 1.807) is 0 Å². The highest BCUT2D eigenvalue weighted by Gasteiger charge is 2.35. The first-order chi connectivity index (χ1) is 10.0. The predicted molar refractivity (Wildman–Crippen MR) is 85.1 cm³/mol. The van der Waals surface area contributed by atoms with Gasteiger partial charge in [0, 0.05) is 12.0 Å². The molecular formula is C18H27NO2. The first kappa shape index (κ1) is 16.0. The molecule has 0 aliphatic heterocycles. The second-order valence-corrected chi connectivity index (χ2v) is 6.65. The largest absolute Gasteiger partial charge is 0.392 e. The summed E-state index contributed by atoms with van der Waals surface area (Å²) in [5.74, 6) is 0.0729. The van der Waals surface area contributed by atoms with Crippen LogP contribution in [0.5, 0.6) is 0 Å². The minimum absolute atomic E-state index is 0.0431. The van der Waals surface area contributed by atoms with E-state index in [1.165, 1.54) is 18.4 Å². The average Bonchev–Trinajstić information content (AvgIpc) is 2.96. The lowest BCUT2D eigenvalue weighted by atomic mass is 9.79. The molecule has 1 atom stereocenters. The first-order valence-electron chi connectivity index (χ1n) is 8.04. The molecule has 1 aliphatic carbocycles. The molecule has 116 valence electrons. The van der Waals surface area contributed by atoms with Crippen molar-refractivity contribution in [3.63, 3.8) is 0 Å². The van der Waals surface area contributed by atoms with E-state index < -0.39 is 6.10 Å². The topological polar surface area (TPSA) is 49.3 Å². The van der Waals surface area contributed by atoms with E-state index in [0.717, 1.165) is 12.8 Å². The smallest absolute Gasteiger partial charge is 0.222 e. The van der Waals surface area contributed by atoms with Crippen molar-refractivity contribution in [2.75, 3.05) is 6.54 Å². The van der Waals surface area contributed by atoms with E-state index in [9.17, 15) is 9.90 Å². The summed E-state index contributed by atoms with van der Waals surface area (Å²) in [6, 6.07) is 10.5. The lowest BCUT2D eigenvalue weighted by Crippen LogP contribution is -2.40. The highest BCUT2D eigenvalue weighted by Crippen LogP contribution is 2.40. The zero-order chi connectivity index (χ0) is 15.3. The van der Waals surface area contributed by atoms with E-state index in [0.29, 0.717) is 6.54 Å². The Bertz CT molecular complexity index is 450. The number of hydrogen-bond donors (Lipinski definition) is 2. The highest BCUT2D eigenvalue weighted by molar-refractivity contribution is 5.76. The Hall–Kier alpha value is -1.35. The van der Waals surface area contributed by atoms with Gasteiger partial charge >= 0.3 is 0 Å². The number of aliphatic hydroxyl groups is 1. The van der Waals surface area contributed by atoms with Crippen molar-refractivity contribution in [3.8, 4) is 0 Å². The van der Waals surface area contributed by atoms with Crippen LogP contribution in [0.15, 0.2) is 30.3 Å². The molecule has 1 fully saturated rings. The molecule has 1 aromatic carbocycles. The Labute approximate surface area is 127 Å². The van der Waals surface area contributed by atoms with Crippen molar-refractivity contribution < 1.29 is 9.90 Å². The van der Waals surface area contributed by atoms with E-state index in [1.807, 2.05) is 19.9 Å². The van der Waals surface area contributed by atoms with Crippen molar-refractivity contribution in [1.82, 2.24) is 5.32 Å². The fourth-order valence-electron chi connectivity index (χ4n) is 3.18. The van der Waals surface area contributed by atoms with E-state index in [4.69, 9.17) is 0 Å². The molecule has 2 rings (SSSR count). The van der Waals surface area contributed by atoms with Gasteiger partial charge in [0.25, 0.3) is 0 Å². The maximum Gasteiger partial charge on any atom is 0.222 e. The molecule has 0 aromatic heterocycles. The highest BCUT2D eigenvalue weighted by atomic mass is 16.3. The van der Waals surface area contributed by atoms with Crippen LogP contribution >= 0.6 is 0 Å². The van der Waals surface area contributed by atoms with E-state index in [-0.39, 0.29) is 23.7 Å². The van der Waals surface area contributed by atoms with Crippen molar-refractivity contribution in [3.05, 3.63) is 35.9 Å². The van der Waals surface area contributed by atoms with Crippen LogP contribution < -0.4 is 5.32 Å². The second-order valence-electron chi connectivity index (χ2n) is 6.65. The second kappa shape index (κ2) is 7.08. The molecule has 3 nitrogen and oxygen atoms in total. The summed E-state index contributed by atoms with van der Waals surface area (Å²) >= 11 is 0. The number of aliphatic hydroxyl groups excluding tert-OH is 1. The van der Waals surface area contributed by atoms with Gasteiger partial charge in [-0.1, -0.05) is 57.0 Å². The lowest BCUT2D eigenvalue weighted by Gasteiger charge is -2.30. The van der Waals surface area contributed by atoms with Gasteiger partial charge in [0.05, 0.1) is 12.5 Å². The molecule has 1 unspecified atom stereocenters. The van der Waals surface area contributed by atoms with Gasteiger partial charge in [-0.05, 0) is 24.3 Å². The average molecular weight is 289 g/mol. The molecule has 1 saturated carbocycles. The molecule has 0 spiro atoms. The quantitative estimate of drug-likeness (QED) is 0.845. The summed E-state index contributed by atoms with van der Waals surface area (Å²) in [6.45, 7) is 4.54. The standard InChI is InChI=1S/C18H27NO2/c1-14(2)16(20)12-17(21)19-13-18(10-6-7-11-18)15-8-4-3-5-9-15/h3-5,8-9,14,16,20H,6-7,10-13H2,1-2H3,(H,19,21). The summed E-state index contributed by atoms with van der Waals surface area (Å²) in [5.41, 5.74) is 1.41. The Kier molecular flexibility index (Phi) is 5.40. The molecule has 0 heterocycles. The number of amides is 1. The third kappa shape index (κ3) is 4.07. The van der Waals surface area contributed by atoms with Crippen LogP contribution in [-0.2, 0) is 10.2 Å². The number of carbonyl (C=O) groups excluding carboxylic acids is 1. The monoisotopic (exact) mass is 289 g/mol. The zero-order valence-corrected chi connectivity index (χ0v) is 13.1. The maximum atomic E-state index is 12.0. The number of carbonyl (C=O) groups is 1. The summed E-state index contributed by atoms with van der Waals surface area (Å²) < 4.78 is 0. The summed E-state index contributed by atoms with van der Waals surface area (Å²) in [5, 5.41) is 12.9. The Balaban J connectivity index is 1.97. The molecule has 3 heteroatoms. The van der Waals surface area contributed by atoms with Crippen LogP contribution in [-0.4, -0.2) is 23.7 Å². The molecule has 1 amide bonds. The van der Waals surface area contributed by atoms with Crippen molar-refractivity contribution in [2.24, 2.45) is 5.92 Å². The number of benzene rings is 1. The minimum atomic E-state index is -0.554. The third-order valence-corrected chi connectivity index (χ3v) is 4.73. The predicted octanol–water partition coefficient (Wildman–Crippen LogP) is 3.02. The van der Waals surface area contributed by atoms with Crippen LogP contribution in [0.3, 0.4) is 0 Å². The molecular weight excluding hydrogens is 262 g/mol. The molecule has 0 bridgehead atoms. The Morgan fingerprint density at radius 1 is 1.24 bits per heavy atom. The van der Waals surface area contributed by atoms with Crippen LogP contribution in [0.2, 0.25) is 0 Å². The molecule has 1 aliphatic rings. The van der Waals surface area contributed by atoms with Gasteiger partial charge < -0.3 is 10.4 Å². The molecule has 2 N–H and O–H groups in total. The summed E-state index contributed by atoms with van der Waals surface area (Å²) in [6.07, 6.45) is 4.34. The Morgan fingerprint density at radius 3 is 2.43 bits per heavy atom. The number of nitrogens with one attached hydrogen (secondary N) is 1. The third-order valence-electron chi connectivity index (χ3n) is 4.73. The molecule has 1 aromatic rings. The first-order valence-corrected chi connectivity index (χ1v) is 8.04. The minimum Gasteiger partial charge on any atom is -0.392 e. The summed E-state index contributed by atoms with van der Waals surface area (Å²) in [7, 11) is 0. The number of rotatable bonds is 6. The fraction of sp³-hybridized carbons (Fsp3) is 0.611. The Morgan fingerprint density at radius 2 is 1.86 bits per heavy atom. The van der Waals surface area contributed by atoms with E-state index >= 15 is 0 Å². The maximum absolute atomic E-state index is 12.0. The van der Waals surface area contributed by atoms with Crippen LogP contribution in [0, 0.1) is 5.92 Å². The molecule has 0 saturated heterocycles. The van der Waals surface area contributed by atoms with Gasteiger partial charge in [0.2, 0.25) is 5.91 Å². The van der Waals surface area contributed by atoms with Crippen molar-refractivity contribution >= 4 is 5.91 Å². The SMILES string of the molecule is CC(C)C(O)CC(=O)NCC1(c2ccccc2)CCCC1. The van der Waals surface area contributed by atoms with E-state index in [2.05, 4.69) is 29.6 Å². The van der Waals surface area contributed by atoms with Crippen molar-refractivity contribution in [2.45, 2.75) is 57.5 Å². The van der Waals surface area contributed by atoms with Gasteiger partial charge in [-0.25, -0.2) is 0 Å². The number of hydrogen-bond acceptors (Lipinski definition) is 2. The van der Waals surface area contributed by atoms with Crippen LogP contribution in [0.4, 0.5) is 0 Å². The van der Waals surface area contributed by atoms with Crippen LogP contribution in [0.1, 0.15) is 51.5 Å². The molecule has 21 heavy (non-hydrogen) atoms. The zero-order valence-electron chi connectivity index (χ0n) is 13.1. The summed E-state index contributed by atoms with van der Waals surface area (Å²) in [4.78, 5) is 12.0. The van der Waals surface area contributed by atoms with Crippen molar-refractivity contribution in [1.29, 1.82) is 0 Å². The van der Waals surface area contributed by atoms with Gasteiger partial charge in [-0.3, -0.25) is 4.79 Å². The molecule has 0 radical (unpaired) electrons. The normalized spacial score (nSPS) is 18.7.